The summed E-state index contributed by atoms with van der Waals surface area (Å²) < 4.78 is 10.6. The van der Waals surface area contributed by atoms with Crippen LogP contribution in [0.5, 0.6) is 0 Å². The zero-order valence-electron chi connectivity index (χ0n) is 14.4. The Morgan fingerprint density at radius 3 is 2.65 bits per heavy atom. The van der Waals surface area contributed by atoms with Gasteiger partial charge in [-0.15, -0.1) is 0 Å². The molecule has 1 aliphatic rings. The fraction of sp³-hybridized carbons (Fsp3) is 0.647. The number of nitrogens with zero attached hydrogens (tertiary/aromatic N) is 2. The van der Waals surface area contributed by atoms with E-state index in [4.69, 9.17) is 9.15 Å². The number of furan rings is 1. The molecule has 2 rings (SSSR count). The van der Waals surface area contributed by atoms with E-state index in [9.17, 15) is 9.59 Å². The van der Waals surface area contributed by atoms with Crippen molar-refractivity contribution in [1.29, 1.82) is 0 Å². The third kappa shape index (κ3) is 5.01. The van der Waals surface area contributed by atoms with Crippen LogP contribution in [0.4, 0.5) is 4.79 Å². The molecule has 0 aliphatic carbocycles. The van der Waals surface area contributed by atoms with Gasteiger partial charge >= 0.3 is 6.09 Å². The van der Waals surface area contributed by atoms with Gasteiger partial charge in [-0.2, -0.15) is 0 Å². The first-order chi connectivity index (χ1) is 10.8. The van der Waals surface area contributed by atoms with Gasteiger partial charge in [0.1, 0.15) is 11.4 Å². The average Bonchev–Trinajstić information content (AvgIpc) is 2.96. The Hall–Kier alpha value is -1.98. The van der Waals surface area contributed by atoms with E-state index >= 15 is 0 Å². The van der Waals surface area contributed by atoms with Gasteiger partial charge in [0.25, 0.3) is 0 Å². The number of carbonyl (C=O) groups excluding carboxylic acids is 2. The molecule has 1 aromatic heterocycles. The number of hydrogen-bond donors (Lipinski definition) is 0. The Labute approximate surface area is 137 Å². The maximum atomic E-state index is 12.4. The quantitative estimate of drug-likeness (QED) is 0.858. The standard InChI is InChI=1S/C17H26N2O4/c1-13-12-18(16(21)23-17(2,3)4)9-10-19(13)15(20)8-7-14-6-5-11-22-14/h5-6,11,13H,7-10,12H2,1-4H3/t13-/m0/s1. The number of ether oxygens (including phenoxy) is 1. The highest BCUT2D eigenvalue weighted by Crippen LogP contribution is 2.16. The smallest absolute Gasteiger partial charge is 0.410 e. The van der Waals surface area contributed by atoms with Crippen molar-refractivity contribution in [3.63, 3.8) is 0 Å². The predicted octanol–water partition coefficient (Wildman–Crippen LogP) is 2.68. The Kier molecular flexibility index (Phi) is 5.34. The van der Waals surface area contributed by atoms with Crippen molar-refractivity contribution in [2.45, 2.75) is 52.2 Å². The molecule has 1 aromatic rings. The molecule has 1 atom stereocenters. The van der Waals surface area contributed by atoms with Gasteiger partial charge in [0.15, 0.2) is 0 Å². The molecule has 6 heteroatoms. The number of hydrogen-bond acceptors (Lipinski definition) is 4. The van der Waals surface area contributed by atoms with Gasteiger partial charge < -0.3 is 19.0 Å². The molecule has 23 heavy (non-hydrogen) atoms. The molecule has 0 unspecified atom stereocenters. The highest BCUT2D eigenvalue weighted by atomic mass is 16.6. The molecule has 0 bridgehead atoms. The summed E-state index contributed by atoms with van der Waals surface area (Å²) in [4.78, 5) is 28.0. The van der Waals surface area contributed by atoms with E-state index in [2.05, 4.69) is 0 Å². The zero-order chi connectivity index (χ0) is 17.0. The molecule has 0 radical (unpaired) electrons. The lowest BCUT2D eigenvalue weighted by molar-refractivity contribution is -0.135. The fourth-order valence-corrected chi connectivity index (χ4v) is 2.65. The third-order valence-corrected chi connectivity index (χ3v) is 3.76. The van der Waals surface area contributed by atoms with Crippen molar-refractivity contribution < 1.29 is 18.7 Å². The van der Waals surface area contributed by atoms with Gasteiger partial charge in [-0.25, -0.2) is 4.79 Å². The molecule has 1 aliphatic heterocycles. The summed E-state index contributed by atoms with van der Waals surface area (Å²) in [6, 6.07) is 3.68. The topological polar surface area (TPSA) is 63.0 Å². The Morgan fingerprint density at radius 1 is 1.35 bits per heavy atom. The van der Waals surface area contributed by atoms with E-state index in [0.29, 0.717) is 32.5 Å². The summed E-state index contributed by atoms with van der Waals surface area (Å²) in [5, 5.41) is 0. The summed E-state index contributed by atoms with van der Waals surface area (Å²) in [7, 11) is 0. The minimum atomic E-state index is -0.504. The Bertz CT molecular complexity index is 533. The molecule has 0 aromatic carbocycles. The van der Waals surface area contributed by atoms with Crippen LogP contribution in [0.15, 0.2) is 22.8 Å². The summed E-state index contributed by atoms with van der Waals surface area (Å²) in [6.45, 7) is 9.06. The van der Waals surface area contributed by atoms with Crippen LogP contribution in [-0.4, -0.2) is 53.1 Å². The van der Waals surface area contributed by atoms with Crippen molar-refractivity contribution in [2.75, 3.05) is 19.6 Å². The Morgan fingerprint density at radius 2 is 2.09 bits per heavy atom. The van der Waals surface area contributed by atoms with E-state index in [0.717, 1.165) is 5.76 Å². The summed E-state index contributed by atoms with van der Waals surface area (Å²) in [5.41, 5.74) is -0.504. The molecule has 0 N–H and O–H groups in total. The van der Waals surface area contributed by atoms with Crippen LogP contribution < -0.4 is 0 Å². The van der Waals surface area contributed by atoms with Crippen molar-refractivity contribution >= 4 is 12.0 Å². The number of amides is 2. The van der Waals surface area contributed by atoms with Crippen molar-refractivity contribution in [3.05, 3.63) is 24.2 Å². The largest absolute Gasteiger partial charge is 0.469 e. The van der Waals surface area contributed by atoms with Crippen LogP contribution >= 0.6 is 0 Å². The fourth-order valence-electron chi connectivity index (χ4n) is 2.65. The van der Waals surface area contributed by atoms with Crippen LogP contribution in [-0.2, 0) is 16.0 Å². The van der Waals surface area contributed by atoms with Crippen LogP contribution in [0, 0.1) is 0 Å². The number of piperazine rings is 1. The van der Waals surface area contributed by atoms with Crippen LogP contribution in [0.25, 0.3) is 0 Å². The highest BCUT2D eigenvalue weighted by molar-refractivity contribution is 5.77. The number of carbonyl (C=O) groups is 2. The molecule has 1 saturated heterocycles. The van der Waals surface area contributed by atoms with E-state index in [-0.39, 0.29) is 18.0 Å². The van der Waals surface area contributed by atoms with Crippen molar-refractivity contribution in [1.82, 2.24) is 9.80 Å². The molecule has 6 nitrogen and oxygen atoms in total. The average molecular weight is 322 g/mol. The second kappa shape index (κ2) is 7.06. The van der Waals surface area contributed by atoms with Gasteiger partial charge in [-0.05, 0) is 39.8 Å². The lowest BCUT2D eigenvalue weighted by atomic mass is 10.1. The van der Waals surface area contributed by atoms with Gasteiger partial charge in [-0.3, -0.25) is 4.79 Å². The summed E-state index contributed by atoms with van der Waals surface area (Å²) in [5.74, 6) is 0.913. The first-order valence-electron chi connectivity index (χ1n) is 8.06. The summed E-state index contributed by atoms with van der Waals surface area (Å²) in [6.07, 6.45) is 2.32. The second-order valence-corrected chi connectivity index (χ2v) is 6.94. The molecule has 128 valence electrons. The van der Waals surface area contributed by atoms with Crippen LogP contribution in [0.1, 0.15) is 39.9 Å². The molecular weight excluding hydrogens is 296 g/mol. The zero-order valence-corrected chi connectivity index (χ0v) is 14.4. The highest BCUT2D eigenvalue weighted by Gasteiger charge is 2.31. The van der Waals surface area contributed by atoms with Crippen LogP contribution in [0.3, 0.4) is 0 Å². The van der Waals surface area contributed by atoms with Gasteiger partial charge in [-0.1, -0.05) is 0 Å². The molecule has 2 amide bonds. The van der Waals surface area contributed by atoms with Gasteiger partial charge in [0.2, 0.25) is 5.91 Å². The SMILES string of the molecule is C[C@H]1CN(C(=O)OC(C)(C)C)CCN1C(=O)CCc1ccco1. The Balaban J connectivity index is 1.83. The third-order valence-electron chi connectivity index (χ3n) is 3.76. The molecule has 0 saturated carbocycles. The molecule has 2 heterocycles. The van der Waals surface area contributed by atoms with E-state index < -0.39 is 5.60 Å². The van der Waals surface area contributed by atoms with Crippen LogP contribution in [0.2, 0.25) is 0 Å². The molecule has 1 fully saturated rings. The molecular formula is C17H26N2O4. The summed E-state index contributed by atoms with van der Waals surface area (Å²) >= 11 is 0. The first kappa shape index (κ1) is 17.4. The van der Waals surface area contributed by atoms with Crippen molar-refractivity contribution in [2.24, 2.45) is 0 Å². The van der Waals surface area contributed by atoms with Gasteiger partial charge in [0, 0.05) is 38.5 Å². The normalized spacial score (nSPS) is 18.9. The number of rotatable bonds is 3. The first-order valence-corrected chi connectivity index (χ1v) is 8.06. The minimum Gasteiger partial charge on any atom is -0.469 e. The van der Waals surface area contributed by atoms with E-state index in [1.807, 2.05) is 44.7 Å². The number of aryl methyl sites for hydroxylation is 1. The molecule has 0 spiro atoms. The predicted molar refractivity (Wildman–Crippen MR) is 86.0 cm³/mol. The van der Waals surface area contributed by atoms with E-state index in [1.165, 1.54) is 0 Å². The van der Waals surface area contributed by atoms with Gasteiger partial charge in [0.05, 0.1) is 6.26 Å². The lowest BCUT2D eigenvalue weighted by Gasteiger charge is -2.40. The maximum absolute atomic E-state index is 12.4. The van der Waals surface area contributed by atoms with Crippen molar-refractivity contribution in [3.8, 4) is 0 Å². The minimum absolute atomic E-state index is 0.0135. The lowest BCUT2D eigenvalue weighted by Crippen LogP contribution is -2.56. The monoisotopic (exact) mass is 322 g/mol. The second-order valence-electron chi connectivity index (χ2n) is 6.94. The maximum Gasteiger partial charge on any atom is 0.410 e. The van der Waals surface area contributed by atoms with E-state index in [1.54, 1.807) is 11.2 Å².